The highest BCUT2D eigenvalue weighted by molar-refractivity contribution is 5.78. The summed E-state index contributed by atoms with van der Waals surface area (Å²) in [6.45, 7) is 5.30. The van der Waals surface area contributed by atoms with Crippen LogP contribution in [0.1, 0.15) is 6.42 Å². The number of ether oxygens (including phenoxy) is 2. The van der Waals surface area contributed by atoms with E-state index in [4.69, 9.17) is 13.9 Å². The molecule has 0 atom stereocenters. The zero-order chi connectivity index (χ0) is 18.5. The Morgan fingerprint density at radius 2 is 1.85 bits per heavy atom. The third-order valence-electron chi connectivity index (χ3n) is 4.74. The first-order valence-corrected chi connectivity index (χ1v) is 9.36. The average molecular weight is 365 g/mol. The molecule has 1 aliphatic heterocycles. The summed E-state index contributed by atoms with van der Waals surface area (Å²) in [5.41, 5.74) is 1.39. The lowest BCUT2D eigenvalue weighted by molar-refractivity contribution is 0.0358. The first kappa shape index (κ1) is 17.8. The average Bonchev–Trinajstić information content (AvgIpc) is 2.72. The minimum atomic E-state index is -0.0383. The maximum absolute atomic E-state index is 12.3. The van der Waals surface area contributed by atoms with Crippen molar-refractivity contribution in [3.05, 3.63) is 64.8 Å². The second-order valence-corrected chi connectivity index (χ2v) is 6.65. The molecular weight excluding hydrogens is 342 g/mol. The van der Waals surface area contributed by atoms with Crippen LogP contribution in [0.4, 0.5) is 0 Å². The molecule has 4 rings (SSSR count). The summed E-state index contributed by atoms with van der Waals surface area (Å²) in [5.74, 6) is 1.34. The fourth-order valence-electron chi connectivity index (χ4n) is 3.29. The van der Waals surface area contributed by atoms with Gasteiger partial charge in [0.25, 0.3) is 0 Å². The van der Waals surface area contributed by atoms with Crippen molar-refractivity contribution in [3.8, 4) is 17.1 Å². The summed E-state index contributed by atoms with van der Waals surface area (Å²) in [4.78, 5) is 14.7. The third-order valence-corrected chi connectivity index (χ3v) is 4.74. The molecule has 3 aromatic rings. The van der Waals surface area contributed by atoms with E-state index < -0.39 is 0 Å². The van der Waals surface area contributed by atoms with Crippen molar-refractivity contribution in [2.24, 2.45) is 0 Å². The summed E-state index contributed by atoms with van der Waals surface area (Å²) in [6.07, 6.45) is 0.968. The van der Waals surface area contributed by atoms with Crippen LogP contribution in [0.5, 0.6) is 5.75 Å². The smallest absolute Gasteiger partial charge is 0.193 e. The van der Waals surface area contributed by atoms with Gasteiger partial charge in [-0.25, -0.2) is 0 Å². The number of para-hydroxylation sites is 1. The highest BCUT2D eigenvalue weighted by atomic mass is 16.5. The van der Waals surface area contributed by atoms with Gasteiger partial charge in [0.15, 0.2) is 5.43 Å². The molecule has 2 heterocycles. The molecule has 0 N–H and O–H groups in total. The number of benzene rings is 2. The molecule has 0 radical (unpaired) electrons. The van der Waals surface area contributed by atoms with Crippen molar-refractivity contribution in [2.75, 3.05) is 39.5 Å². The maximum Gasteiger partial charge on any atom is 0.193 e. The molecule has 1 saturated heterocycles. The van der Waals surface area contributed by atoms with Crippen LogP contribution >= 0.6 is 0 Å². The van der Waals surface area contributed by atoms with Gasteiger partial charge in [-0.1, -0.05) is 24.3 Å². The van der Waals surface area contributed by atoms with Crippen molar-refractivity contribution < 1.29 is 13.9 Å². The number of fused-ring (bicyclic) bond motifs is 1. The molecule has 0 spiro atoms. The number of hydrogen-bond acceptors (Lipinski definition) is 5. The van der Waals surface area contributed by atoms with Gasteiger partial charge in [-0.3, -0.25) is 9.69 Å². The summed E-state index contributed by atoms with van der Waals surface area (Å²) < 4.78 is 17.2. The topological polar surface area (TPSA) is 51.9 Å². The summed E-state index contributed by atoms with van der Waals surface area (Å²) in [7, 11) is 0. The lowest BCUT2D eigenvalue weighted by Gasteiger charge is -2.26. The van der Waals surface area contributed by atoms with Crippen molar-refractivity contribution in [1.29, 1.82) is 0 Å². The van der Waals surface area contributed by atoms with Crippen LogP contribution in [0.2, 0.25) is 0 Å². The molecule has 0 saturated carbocycles. The Morgan fingerprint density at radius 1 is 1.00 bits per heavy atom. The molecule has 5 nitrogen and oxygen atoms in total. The van der Waals surface area contributed by atoms with E-state index in [1.807, 2.05) is 42.5 Å². The van der Waals surface area contributed by atoms with Crippen molar-refractivity contribution in [1.82, 2.24) is 4.90 Å². The first-order chi connectivity index (χ1) is 13.3. The van der Waals surface area contributed by atoms with Gasteiger partial charge in [0.2, 0.25) is 0 Å². The van der Waals surface area contributed by atoms with E-state index in [0.29, 0.717) is 23.3 Å². The van der Waals surface area contributed by atoms with Gasteiger partial charge < -0.3 is 13.9 Å². The van der Waals surface area contributed by atoms with Gasteiger partial charge >= 0.3 is 0 Å². The second kappa shape index (κ2) is 8.37. The van der Waals surface area contributed by atoms with Gasteiger partial charge in [-0.05, 0) is 30.7 Å². The molecule has 0 bridgehead atoms. The summed E-state index contributed by atoms with van der Waals surface area (Å²) in [5, 5.41) is 0.594. The zero-order valence-electron chi connectivity index (χ0n) is 15.2. The monoisotopic (exact) mass is 365 g/mol. The lowest BCUT2D eigenvalue weighted by Crippen LogP contribution is -2.37. The Morgan fingerprint density at radius 3 is 2.74 bits per heavy atom. The van der Waals surface area contributed by atoms with Crippen LogP contribution in [0, 0.1) is 0 Å². The Kier molecular flexibility index (Phi) is 5.51. The minimum absolute atomic E-state index is 0.0383. The molecular formula is C22H23NO4. The molecule has 0 aliphatic carbocycles. The number of morpholine rings is 1. The van der Waals surface area contributed by atoms with Gasteiger partial charge in [0.05, 0.1) is 25.2 Å². The van der Waals surface area contributed by atoms with Gasteiger partial charge in [0.1, 0.15) is 17.1 Å². The molecule has 0 unspecified atom stereocenters. The van der Waals surface area contributed by atoms with E-state index in [0.717, 1.165) is 50.6 Å². The lowest BCUT2D eigenvalue weighted by atomic mass is 10.1. The molecule has 140 valence electrons. The van der Waals surface area contributed by atoms with Gasteiger partial charge in [0, 0.05) is 31.3 Å². The summed E-state index contributed by atoms with van der Waals surface area (Å²) >= 11 is 0. The van der Waals surface area contributed by atoms with E-state index in [-0.39, 0.29) is 5.43 Å². The van der Waals surface area contributed by atoms with E-state index >= 15 is 0 Å². The molecule has 1 aliphatic rings. The van der Waals surface area contributed by atoms with Crippen molar-refractivity contribution in [3.63, 3.8) is 0 Å². The third kappa shape index (κ3) is 4.38. The van der Waals surface area contributed by atoms with Crippen LogP contribution in [0.15, 0.2) is 63.8 Å². The highest BCUT2D eigenvalue weighted by Gasteiger charge is 2.10. The summed E-state index contributed by atoms with van der Waals surface area (Å²) in [6, 6.07) is 16.5. The van der Waals surface area contributed by atoms with E-state index in [9.17, 15) is 4.79 Å². The first-order valence-electron chi connectivity index (χ1n) is 9.36. The zero-order valence-corrected chi connectivity index (χ0v) is 15.2. The predicted molar refractivity (Wildman–Crippen MR) is 105 cm³/mol. The van der Waals surface area contributed by atoms with Crippen molar-refractivity contribution >= 4 is 11.0 Å². The van der Waals surface area contributed by atoms with Crippen LogP contribution in [-0.2, 0) is 4.74 Å². The van der Waals surface area contributed by atoms with Crippen LogP contribution < -0.4 is 10.2 Å². The molecule has 5 heteroatoms. The van der Waals surface area contributed by atoms with Crippen LogP contribution in [0.3, 0.4) is 0 Å². The van der Waals surface area contributed by atoms with Gasteiger partial charge in [-0.15, -0.1) is 0 Å². The van der Waals surface area contributed by atoms with Crippen LogP contribution in [0.25, 0.3) is 22.3 Å². The van der Waals surface area contributed by atoms with Crippen molar-refractivity contribution in [2.45, 2.75) is 6.42 Å². The Balaban J connectivity index is 1.42. The largest absolute Gasteiger partial charge is 0.494 e. The predicted octanol–water partition coefficient (Wildman–Crippen LogP) is 3.56. The minimum Gasteiger partial charge on any atom is -0.494 e. The van der Waals surface area contributed by atoms with E-state index in [1.165, 1.54) is 0 Å². The number of rotatable bonds is 6. The Bertz CT molecular complexity index is 960. The number of hydrogen-bond donors (Lipinski definition) is 0. The van der Waals surface area contributed by atoms with Crippen LogP contribution in [-0.4, -0.2) is 44.4 Å². The van der Waals surface area contributed by atoms with E-state index in [1.54, 1.807) is 12.1 Å². The second-order valence-electron chi connectivity index (χ2n) is 6.65. The quantitative estimate of drug-likeness (QED) is 0.625. The molecule has 27 heavy (non-hydrogen) atoms. The van der Waals surface area contributed by atoms with Gasteiger partial charge in [-0.2, -0.15) is 0 Å². The standard InChI is InChI=1S/C22H23NO4/c24-20-16-22(27-21-8-2-1-7-19(20)21)17-5-3-6-18(15-17)26-12-4-9-23-10-13-25-14-11-23/h1-3,5-8,15-16H,4,9-14H2. The fraction of sp³-hybridized carbons (Fsp3) is 0.318. The molecule has 0 amide bonds. The normalized spacial score (nSPS) is 15.1. The molecule has 1 fully saturated rings. The fourth-order valence-corrected chi connectivity index (χ4v) is 3.29. The van der Waals surface area contributed by atoms with E-state index in [2.05, 4.69) is 4.90 Å². The number of nitrogens with zero attached hydrogens (tertiary/aromatic N) is 1. The Hall–Kier alpha value is -2.63. The Labute approximate surface area is 158 Å². The highest BCUT2D eigenvalue weighted by Crippen LogP contribution is 2.25. The SMILES string of the molecule is O=c1cc(-c2cccc(OCCCN3CCOCC3)c2)oc2ccccc12. The maximum atomic E-state index is 12.3. The molecule has 1 aromatic heterocycles. The molecule has 2 aromatic carbocycles.